The van der Waals surface area contributed by atoms with Crippen molar-refractivity contribution in [2.45, 2.75) is 321 Å². The summed E-state index contributed by atoms with van der Waals surface area (Å²) in [6.45, 7) is 4.86. The van der Waals surface area contributed by atoms with Crippen molar-refractivity contribution in [3.05, 3.63) is 24.3 Å². The lowest BCUT2D eigenvalue weighted by atomic mass is 10.0. The first-order chi connectivity index (χ1) is 34.0. The van der Waals surface area contributed by atoms with Crippen LogP contribution >= 0.6 is 7.82 Å². The first kappa shape index (κ1) is 69.0. The maximum absolute atomic E-state index is 13.0. The summed E-state index contributed by atoms with van der Waals surface area (Å²) >= 11 is 0. The van der Waals surface area contributed by atoms with Gasteiger partial charge in [-0.15, -0.1) is 0 Å². The van der Waals surface area contributed by atoms with E-state index in [2.05, 4.69) is 31.3 Å². The molecule has 416 valence electrons. The third-order valence-corrected chi connectivity index (χ3v) is 15.1. The molecule has 0 saturated heterocycles. The topological polar surface area (TPSA) is 105 Å². The fourth-order valence-electron chi connectivity index (χ4n) is 9.33. The second-order valence-electron chi connectivity index (χ2n) is 22.4. The molecule has 8 nitrogen and oxygen atoms in total. The van der Waals surface area contributed by atoms with Gasteiger partial charge in [0.05, 0.1) is 39.9 Å². The third-order valence-electron chi connectivity index (χ3n) is 14.2. The average Bonchev–Trinajstić information content (AvgIpc) is 3.32. The maximum atomic E-state index is 13.0. The first-order valence-corrected chi connectivity index (χ1v) is 32.2. The molecule has 0 aliphatic heterocycles. The molecule has 0 saturated carbocycles. The van der Waals surface area contributed by atoms with Crippen molar-refractivity contribution >= 4 is 13.7 Å². The van der Waals surface area contributed by atoms with Crippen LogP contribution in [-0.2, 0) is 18.4 Å². The molecule has 0 radical (unpaired) electrons. The summed E-state index contributed by atoms with van der Waals surface area (Å²) in [5.41, 5.74) is 0. The molecule has 0 rings (SSSR count). The van der Waals surface area contributed by atoms with Crippen LogP contribution < -0.4 is 5.32 Å². The summed E-state index contributed by atoms with van der Waals surface area (Å²) in [4.78, 5) is 23.3. The van der Waals surface area contributed by atoms with Gasteiger partial charge in [0.25, 0.3) is 0 Å². The van der Waals surface area contributed by atoms with E-state index in [0.29, 0.717) is 17.4 Å². The van der Waals surface area contributed by atoms with Gasteiger partial charge in [-0.1, -0.05) is 282 Å². The highest BCUT2D eigenvalue weighted by Gasteiger charge is 2.27. The summed E-state index contributed by atoms with van der Waals surface area (Å²) in [6, 6.07) is -0.848. The highest BCUT2D eigenvalue weighted by molar-refractivity contribution is 7.47. The molecular formula is C61H122N2O6P+. The number of quaternary nitrogens is 1. The molecule has 3 unspecified atom stereocenters. The van der Waals surface area contributed by atoms with E-state index < -0.39 is 20.0 Å². The van der Waals surface area contributed by atoms with Gasteiger partial charge in [0.15, 0.2) is 0 Å². The Bertz CT molecular complexity index is 1190. The summed E-state index contributed by atoms with van der Waals surface area (Å²) in [5.74, 6) is -0.176. The summed E-state index contributed by atoms with van der Waals surface area (Å²) < 4.78 is 23.8. The predicted octanol–water partition coefficient (Wildman–Crippen LogP) is 18.8. The Morgan fingerprint density at radius 1 is 0.471 bits per heavy atom. The van der Waals surface area contributed by atoms with E-state index >= 15 is 0 Å². The number of unbranched alkanes of at least 4 members (excludes halogenated alkanes) is 42. The minimum Gasteiger partial charge on any atom is -0.387 e. The number of hydrogen-bond donors (Lipinski definition) is 3. The van der Waals surface area contributed by atoms with Gasteiger partial charge in [0.1, 0.15) is 13.2 Å². The highest BCUT2D eigenvalue weighted by atomic mass is 31.2. The molecule has 0 aliphatic rings. The Labute approximate surface area is 436 Å². The number of aliphatic hydroxyl groups excluding tert-OH is 1. The van der Waals surface area contributed by atoms with E-state index in [0.717, 1.165) is 38.5 Å². The fraction of sp³-hybridized carbons (Fsp3) is 0.918. The van der Waals surface area contributed by atoms with Crippen LogP contribution in [0.3, 0.4) is 0 Å². The molecule has 9 heteroatoms. The van der Waals surface area contributed by atoms with E-state index in [1.165, 1.54) is 250 Å². The first-order valence-electron chi connectivity index (χ1n) is 30.7. The molecule has 0 aliphatic carbocycles. The SMILES string of the molecule is CCCCCCCCCCCCCC/C=C\CCCCCCCCCC(=O)NC(COP(=O)(O)OCC[N+](C)(C)C)C(O)/C=C/CCCCCCCCCCCCCCCCCCCCCCCCC. The van der Waals surface area contributed by atoms with Crippen molar-refractivity contribution < 1.29 is 32.9 Å². The van der Waals surface area contributed by atoms with Crippen LogP contribution in [0.2, 0.25) is 0 Å². The fourth-order valence-corrected chi connectivity index (χ4v) is 10.1. The third kappa shape index (κ3) is 54.7. The Morgan fingerprint density at radius 3 is 1.10 bits per heavy atom. The van der Waals surface area contributed by atoms with Crippen LogP contribution in [0, 0.1) is 0 Å². The van der Waals surface area contributed by atoms with Gasteiger partial charge < -0.3 is 19.8 Å². The zero-order valence-corrected chi connectivity index (χ0v) is 48.4. The molecule has 0 aromatic carbocycles. The summed E-state index contributed by atoms with van der Waals surface area (Å²) in [5, 5.41) is 14.0. The number of rotatable bonds is 57. The molecule has 0 heterocycles. The summed E-state index contributed by atoms with van der Waals surface area (Å²) in [7, 11) is 1.58. The number of carbonyl (C=O) groups is 1. The minimum absolute atomic E-state index is 0.0624. The molecule has 0 aromatic heterocycles. The van der Waals surface area contributed by atoms with Crippen molar-refractivity contribution in [1.29, 1.82) is 0 Å². The molecule has 0 aromatic rings. The van der Waals surface area contributed by atoms with E-state index in [9.17, 15) is 19.4 Å². The molecule has 0 bridgehead atoms. The van der Waals surface area contributed by atoms with E-state index in [4.69, 9.17) is 9.05 Å². The number of likely N-dealkylation sites (N-methyl/N-ethyl adjacent to an activating group) is 1. The normalized spacial score (nSPS) is 14.0. The van der Waals surface area contributed by atoms with Gasteiger partial charge in [-0.3, -0.25) is 13.8 Å². The van der Waals surface area contributed by atoms with Crippen molar-refractivity contribution in [3.63, 3.8) is 0 Å². The van der Waals surface area contributed by atoms with Crippen LogP contribution in [0.15, 0.2) is 24.3 Å². The number of aliphatic hydroxyl groups is 1. The minimum atomic E-state index is -4.35. The quantitative estimate of drug-likeness (QED) is 0.0243. The van der Waals surface area contributed by atoms with Gasteiger partial charge in [0.2, 0.25) is 5.91 Å². The number of carbonyl (C=O) groups excluding carboxylic acids is 1. The lowest BCUT2D eigenvalue weighted by molar-refractivity contribution is -0.870. The molecule has 0 spiro atoms. The zero-order valence-electron chi connectivity index (χ0n) is 47.5. The lowest BCUT2D eigenvalue weighted by Gasteiger charge is -2.25. The van der Waals surface area contributed by atoms with Crippen molar-refractivity contribution in [1.82, 2.24) is 5.32 Å². The van der Waals surface area contributed by atoms with Crippen molar-refractivity contribution in [2.75, 3.05) is 40.9 Å². The standard InChI is InChI=1S/C61H121N2O6P/c1-6-8-10-12-14-16-18-20-22-24-26-28-30-31-33-34-36-38-40-42-44-46-48-50-52-54-60(64)59(58-69-70(66,67)68-57-56-63(3,4)5)62-61(65)55-53-51-49-47-45-43-41-39-37-35-32-29-27-25-23-21-19-17-15-13-11-9-7-2/h35,37,52,54,59-60,64H,6-34,36,38-51,53,55-58H2,1-5H3,(H-,62,65,66,67)/p+1/b37-35-,54-52+. The number of nitrogens with zero attached hydrogens (tertiary/aromatic N) is 1. The monoisotopic (exact) mass is 1010 g/mol. The van der Waals surface area contributed by atoms with Crippen LogP contribution in [0.25, 0.3) is 0 Å². The molecular weight excluding hydrogens is 888 g/mol. The number of amides is 1. The van der Waals surface area contributed by atoms with Crippen molar-refractivity contribution in [3.8, 4) is 0 Å². The van der Waals surface area contributed by atoms with E-state index in [-0.39, 0.29) is 19.1 Å². The molecule has 0 fully saturated rings. The van der Waals surface area contributed by atoms with Gasteiger partial charge in [0, 0.05) is 6.42 Å². The Morgan fingerprint density at radius 2 is 0.771 bits per heavy atom. The number of phosphoric acid groups is 1. The van der Waals surface area contributed by atoms with Gasteiger partial charge in [-0.2, -0.15) is 0 Å². The smallest absolute Gasteiger partial charge is 0.387 e. The number of nitrogens with one attached hydrogen (secondary N) is 1. The number of hydrogen-bond acceptors (Lipinski definition) is 5. The van der Waals surface area contributed by atoms with Gasteiger partial charge in [-0.25, -0.2) is 4.57 Å². The van der Waals surface area contributed by atoms with E-state index in [1.54, 1.807) is 6.08 Å². The largest absolute Gasteiger partial charge is 0.472 e. The van der Waals surface area contributed by atoms with Crippen LogP contribution in [0.4, 0.5) is 0 Å². The highest BCUT2D eigenvalue weighted by Crippen LogP contribution is 2.43. The molecule has 3 N–H and O–H groups in total. The summed E-state index contributed by atoms with van der Waals surface area (Å²) in [6.07, 6.45) is 67.2. The van der Waals surface area contributed by atoms with E-state index in [1.807, 2.05) is 27.2 Å². The molecule has 70 heavy (non-hydrogen) atoms. The Balaban J connectivity index is 4.17. The lowest BCUT2D eigenvalue weighted by Crippen LogP contribution is -2.45. The molecule has 3 atom stereocenters. The Kier molecular flexibility index (Phi) is 52.1. The molecule has 1 amide bonds. The predicted molar refractivity (Wildman–Crippen MR) is 305 cm³/mol. The Hall–Kier alpha value is -1.02. The second-order valence-corrected chi connectivity index (χ2v) is 23.9. The maximum Gasteiger partial charge on any atom is 0.472 e. The van der Waals surface area contributed by atoms with Crippen LogP contribution in [-0.4, -0.2) is 73.4 Å². The van der Waals surface area contributed by atoms with Crippen LogP contribution in [0.5, 0.6) is 0 Å². The van der Waals surface area contributed by atoms with Gasteiger partial charge >= 0.3 is 7.82 Å². The second kappa shape index (κ2) is 52.8. The number of allylic oxidation sites excluding steroid dienone is 3. The zero-order chi connectivity index (χ0) is 51.3. The van der Waals surface area contributed by atoms with Crippen LogP contribution in [0.1, 0.15) is 309 Å². The number of phosphoric ester groups is 1. The van der Waals surface area contributed by atoms with Gasteiger partial charge in [-0.05, 0) is 44.9 Å². The average molecular weight is 1010 g/mol. The van der Waals surface area contributed by atoms with Crippen molar-refractivity contribution in [2.24, 2.45) is 0 Å².